The molecule has 15 heavy (non-hydrogen) atoms. The smallest absolute Gasteiger partial charge is 0.370 e. The Balaban J connectivity index is 2.36. The molecule has 2 nitrogen and oxygen atoms in total. The summed E-state index contributed by atoms with van der Waals surface area (Å²) in [5.41, 5.74) is 0.949. The minimum atomic E-state index is -4.26. The Hall–Kier alpha value is -0.590. The fourth-order valence-corrected chi connectivity index (χ4v) is 1.83. The third-order valence-electron chi connectivity index (χ3n) is 1.84. The summed E-state index contributed by atoms with van der Waals surface area (Å²) in [7, 11) is 1.69. The molecule has 1 atom stereocenters. The van der Waals surface area contributed by atoms with Crippen molar-refractivity contribution in [3.05, 3.63) is 22.4 Å². The molecular formula is C9H12F3NOS. The van der Waals surface area contributed by atoms with Crippen molar-refractivity contribution in [1.29, 1.82) is 0 Å². The second-order valence-electron chi connectivity index (χ2n) is 3.03. The van der Waals surface area contributed by atoms with E-state index in [0.29, 0.717) is 0 Å². The third kappa shape index (κ3) is 4.63. The number of hydrogen-bond donors (Lipinski definition) is 1. The summed E-state index contributed by atoms with van der Waals surface area (Å²) < 4.78 is 40.0. The van der Waals surface area contributed by atoms with E-state index in [1.54, 1.807) is 7.05 Å². The summed E-state index contributed by atoms with van der Waals surface area (Å²) in [6.07, 6.45) is -4.26. The molecule has 1 heterocycles. The molecule has 0 aliphatic rings. The Kier molecular flexibility index (Phi) is 4.56. The average molecular weight is 239 g/mol. The number of nitrogens with one attached hydrogen (secondary N) is 1. The normalized spacial score (nSPS) is 14.1. The van der Waals surface area contributed by atoms with E-state index in [4.69, 9.17) is 0 Å². The lowest BCUT2D eigenvalue weighted by Gasteiger charge is -2.15. The Morgan fingerprint density at radius 1 is 1.53 bits per heavy atom. The number of ether oxygens (including phenoxy) is 1. The highest BCUT2D eigenvalue weighted by atomic mass is 32.1. The van der Waals surface area contributed by atoms with Crippen LogP contribution in [0.3, 0.4) is 0 Å². The van der Waals surface area contributed by atoms with Gasteiger partial charge in [0.2, 0.25) is 0 Å². The predicted octanol–water partition coefficient (Wildman–Crippen LogP) is 2.59. The lowest BCUT2D eigenvalue weighted by molar-refractivity contribution is -0.175. The van der Waals surface area contributed by atoms with E-state index >= 15 is 0 Å². The van der Waals surface area contributed by atoms with Crippen molar-refractivity contribution in [3.8, 4) is 0 Å². The summed E-state index contributed by atoms with van der Waals surface area (Å²) in [4.78, 5) is 0. The van der Waals surface area contributed by atoms with Gasteiger partial charge in [0.05, 0.1) is 12.6 Å². The largest absolute Gasteiger partial charge is 0.411 e. The maximum absolute atomic E-state index is 11.8. The molecule has 0 amide bonds. The molecular weight excluding hydrogens is 227 g/mol. The number of alkyl halides is 3. The maximum Gasteiger partial charge on any atom is 0.411 e. The monoisotopic (exact) mass is 239 g/mol. The topological polar surface area (TPSA) is 21.3 Å². The number of hydrogen-bond acceptors (Lipinski definition) is 3. The maximum atomic E-state index is 11.8. The molecule has 1 unspecified atom stereocenters. The van der Waals surface area contributed by atoms with Crippen molar-refractivity contribution in [1.82, 2.24) is 5.32 Å². The van der Waals surface area contributed by atoms with Crippen LogP contribution in [0.1, 0.15) is 11.6 Å². The fraction of sp³-hybridized carbons (Fsp3) is 0.556. The molecule has 0 aliphatic heterocycles. The number of rotatable bonds is 5. The molecule has 0 bridgehead atoms. The van der Waals surface area contributed by atoms with Crippen LogP contribution in [-0.4, -0.2) is 26.4 Å². The van der Waals surface area contributed by atoms with Crippen molar-refractivity contribution in [2.75, 3.05) is 20.3 Å². The molecule has 86 valence electrons. The summed E-state index contributed by atoms with van der Waals surface area (Å²) >= 11 is 1.50. The predicted molar refractivity (Wildman–Crippen MR) is 53.0 cm³/mol. The van der Waals surface area contributed by atoms with E-state index in [0.717, 1.165) is 5.56 Å². The highest BCUT2D eigenvalue weighted by Gasteiger charge is 2.27. The van der Waals surface area contributed by atoms with Gasteiger partial charge in [-0.1, -0.05) is 0 Å². The highest BCUT2D eigenvalue weighted by molar-refractivity contribution is 7.07. The molecule has 0 saturated heterocycles. The van der Waals surface area contributed by atoms with Gasteiger partial charge in [0.15, 0.2) is 0 Å². The molecule has 1 aromatic rings. The number of thiophene rings is 1. The van der Waals surface area contributed by atoms with Crippen LogP contribution in [-0.2, 0) is 4.74 Å². The minimum absolute atomic E-state index is 0.0206. The fourth-order valence-electron chi connectivity index (χ4n) is 1.11. The van der Waals surface area contributed by atoms with Gasteiger partial charge in [-0.3, -0.25) is 0 Å². The Morgan fingerprint density at radius 2 is 2.27 bits per heavy atom. The second kappa shape index (κ2) is 5.48. The third-order valence-corrected chi connectivity index (χ3v) is 2.55. The van der Waals surface area contributed by atoms with Gasteiger partial charge in [0, 0.05) is 0 Å². The van der Waals surface area contributed by atoms with Crippen LogP contribution in [0.15, 0.2) is 16.8 Å². The lowest BCUT2D eigenvalue weighted by atomic mass is 10.2. The van der Waals surface area contributed by atoms with Gasteiger partial charge < -0.3 is 10.1 Å². The Morgan fingerprint density at radius 3 is 2.73 bits per heavy atom. The molecule has 1 rings (SSSR count). The molecule has 1 aromatic heterocycles. The van der Waals surface area contributed by atoms with E-state index in [1.165, 1.54) is 11.3 Å². The van der Waals surface area contributed by atoms with E-state index < -0.39 is 12.8 Å². The van der Waals surface area contributed by atoms with Crippen LogP contribution in [0.4, 0.5) is 13.2 Å². The van der Waals surface area contributed by atoms with E-state index in [1.807, 2.05) is 16.8 Å². The first-order valence-electron chi connectivity index (χ1n) is 4.37. The molecule has 0 radical (unpaired) electrons. The zero-order chi connectivity index (χ0) is 11.3. The molecule has 0 aliphatic carbocycles. The van der Waals surface area contributed by atoms with Crippen LogP contribution in [0.25, 0.3) is 0 Å². The SMILES string of the molecule is CNC(COCC(F)(F)F)c1ccsc1. The zero-order valence-electron chi connectivity index (χ0n) is 8.17. The molecule has 0 fully saturated rings. The van der Waals surface area contributed by atoms with Gasteiger partial charge in [-0.15, -0.1) is 0 Å². The summed E-state index contributed by atoms with van der Waals surface area (Å²) in [6, 6.07) is 1.68. The first-order valence-corrected chi connectivity index (χ1v) is 5.31. The van der Waals surface area contributed by atoms with Crippen molar-refractivity contribution in [2.45, 2.75) is 12.2 Å². The zero-order valence-corrected chi connectivity index (χ0v) is 8.99. The van der Waals surface area contributed by atoms with Gasteiger partial charge in [-0.05, 0) is 29.4 Å². The Bertz CT molecular complexity index is 273. The van der Waals surface area contributed by atoms with Crippen molar-refractivity contribution >= 4 is 11.3 Å². The summed E-state index contributed by atoms with van der Waals surface area (Å²) in [6.45, 7) is -1.18. The molecule has 6 heteroatoms. The van der Waals surface area contributed by atoms with Gasteiger partial charge in [-0.25, -0.2) is 0 Å². The van der Waals surface area contributed by atoms with Crippen LogP contribution >= 0.6 is 11.3 Å². The standard InChI is InChI=1S/C9H12F3NOS/c1-13-8(7-2-3-15-5-7)4-14-6-9(10,11)12/h2-3,5,8,13H,4,6H2,1H3. The lowest BCUT2D eigenvalue weighted by Crippen LogP contribution is -2.25. The number of halogens is 3. The van der Waals surface area contributed by atoms with Gasteiger partial charge in [-0.2, -0.15) is 24.5 Å². The first kappa shape index (κ1) is 12.5. The van der Waals surface area contributed by atoms with Crippen LogP contribution in [0.2, 0.25) is 0 Å². The average Bonchev–Trinajstić information content (AvgIpc) is 2.63. The van der Waals surface area contributed by atoms with E-state index in [-0.39, 0.29) is 12.6 Å². The highest BCUT2D eigenvalue weighted by Crippen LogP contribution is 2.19. The summed E-state index contributed by atoms with van der Waals surface area (Å²) in [5.74, 6) is 0. The minimum Gasteiger partial charge on any atom is -0.370 e. The van der Waals surface area contributed by atoms with E-state index in [2.05, 4.69) is 10.1 Å². The van der Waals surface area contributed by atoms with Crippen LogP contribution in [0.5, 0.6) is 0 Å². The van der Waals surface area contributed by atoms with E-state index in [9.17, 15) is 13.2 Å². The number of likely N-dealkylation sites (N-methyl/N-ethyl adjacent to an activating group) is 1. The molecule has 0 aromatic carbocycles. The van der Waals surface area contributed by atoms with Crippen LogP contribution in [0, 0.1) is 0 Å². The Labute approximate surface area is 90.1 Å². The molecule has 0 saturated carbocycles. The molecule has 1 N–H and O–H groups in total. The first-order chi connectivity index (χ1) is 7.03. The van der Waals surface area contributed by atoms with Crippen LogP contribution < -0.4 is 5.32 Å². The summed E-state index contributed by atoms with van der Waals surface area (Å²) in [5, 5.41) is 6.67. The quantitative estimate of drug-likeness (QED) is 0.852. The second-order valence-corrected chi connectivity index (χ2v) is 3.81. The van der Waals surface area contributed by atoms with Gasteiger partial charge >= 0.3 is 6.18 Å². The van der Waals surface area contributed by atoms with Gasteiger partial charge in [0.1, 0.15) is 6.61 Å². The molecule has 0 spiro atoms. The van der Waals surface area contributed by atoms with Crippen molar-refractivity contribution in [3.63, 3.8) is 0 Å². The van der Waals surface area contributed by atoms with Crippen molar-refractivity contribution in [2.24, 2.45) is 0 Å². The van der Waals surface area contributed by atoms with Crippen molar-refractivity contribution < 1.29 is 17.9 Å². The van der Waals surface area contributed by atoms with Gasteiger partial charge in [0.25, 0.3) is 0 Å².